The molecule has 1 fully saturated rings. The van der Waals surface area contributed by atoms with Crippen LogP contribution < -0.4 is 5.32 Å². The number of halogens is 3. The van der Waals surface area contributed by atoms with Crippen LogP contribution >= 0.6 is 11.6 Å². The Labute approximate surface area is 84.5 Å². The summed E-state index contributed by atoms with van der Waals surface area (Å²) in [7, 11) is 0. The van der Waals surface area contributed by atoms with E-state index in [9.17, 15) is 13.9 Å². The molecule has 0 atom stereocenters. The van der Waals surface area contributed by atoms with Crippen LogP contribution in [0.15, 0.2) is 12.1 Å². The summed E-state index contributed by atoms with van der Waals surface area (Å²) in [6, 6.07) is 2.27. The second kappa shape index (κ2) is 3.15. The lowest BCUT2D eigenvalue weighted by molar-refractivity contribution is -0.0177. The van der Waals surface area contributed by atoms with E-state index in [2.05, 4.69) is 5.32 Å². The molecule has 0 saturated carbocycles. The number of β-amino-alcohol motifs (C(OH)–C–C–N with tert-alkyl or cyclic N) is 1. The molecule has 0 amide bonds. The zero-order valence-corrected chi connectivity index (χ0v) is 7.91. The molecular weight excluding hydrogens is 212 g/mol. The van der Waals surface area contributed by atoms with Gasteiger partial charge in [-0.25, -0.2) is 8.78 Å². The molecule has 1 heterocycles. The van der Waals surface area contributed by atoms with Crippen molar-refractivity contribution in [3.05, 3.63) is 34.4 Å². The molecule has 14 heavy (non-hydrogen) atoms. The molecule has 2 rings (SSSR count). The minimum Gasteiger partial charge on any atom is -0.382 e. The van der Waals surface area contributed by atoms with Crippen molar-refractivity contribution < 1.29 is 13.9 Å². The maximum Gasteiger partial charge on any atom is 0.150 e. The van der Waals surface area contributed by atoms with Crippen molar-refractivity contribution in [2.45, 2.75) is 5.60 Å². The van der Waals surface area contributed by atoms with Crippen molar-refractivity contribution >= 4 is 11.6 Å². The van der Waals surface area contributed by atoms with Crippen LogP contribution in [0.5, 0.6) is 0 Å². The fraction of sp³-hybridized carbons (Fsp3) is 0.333. The van der Waals surface area contributed by atoms with Gasteiger partial charge < -0.3 is 10.4 Å². The highest BCUT2D eigenvalue weighted by Crippen LogP contribution is 2.31. The summed E-state index contributed by atoms with van der Waals surface area (Å²) < 4.78 is 26.2. The Morgan fingerprint density at radius 3 is 2.50 bits per heavy atom. The first kappa shape index (κ1) is 9.83. The fourth-order valence-corrected chi connectivity index (χ4v) is 1.60. The average molecular weight is 220 g/mol. The molecule has 0 bridgehead atoms. The normalized spacial score (nSPS) is 19.1. The van der Waals surface area contributed by atoms with Crippen molar-refractivity contribution in [1.29, 1.82) is 0 Å². The first-order valence-corrected chi connectivity index (χ1v) is 4.49. The minimum absolute atomic E-state index is 0.0441. The average Bonchev–Trinajstić information content (AvgIpc) is 2.11. The topological polar surface area (TPSA) is 32.3 Å². The molecule has 2 N–H and O–H groups in total. The molecule has 5 heteroatoms. The van der Waals surface area contributed by atoms with Gasteiger partial charge in [-0.3, -0.25) is 0 Å². The monoisotopic (exact) mass is 219 g/mol. The van der Waals surface area contributed by atoms with E-state index in [1.807, 2.05) is 0 Å². The Kier molecular flexibility index (Phi) is 2.21. The lowest BCUT2D eigenvalue weighted by atomic mass is 9.88. The molecule has 76 valence electrons. The predicted molar refractivity (Wildman–Crippen MR) is 48.1 cm³/mol. The zero-order valence-electron chi connectivity index (χ0n) is 7.15. The third-order valence-electron chi connectivity index (χ3n) is 2.37. The maximum absolute atomic E-state index is 13.4. The third kappa shape index (κ3) is 1.30. The first-order valence-electron chi connectivity index (χ1n) is 4.12. The van der Waals surface area contributed by atoms with Gasteiger partial charge in [-0.2, -0.15) is 0 Å². The van der Waals surface area contributed by atoms with E-state index in [1.54, 1.807) is 0 Å². The minimum atomic E-state index is -1.25. The number of hydrogen-bond donors (Lipinski definition) is 2. The second-order valence-corrected chi connectivity index (χ2v) is 3.74. The van der Waals surface area contributed by atoms with Gasteiger partial charge in [-0.15, -0.1) is 0 Å². The molecule has 0 aliphatic carbocycles. The van der Waals surface area contributed by atoms with Crippen LogP contribution in [-0.4, -0.2) is 18.2 Å². The van der Waals surface area contributed by atoms with Crippen molar-refractivity contribution in [1.82, 2.24) is 5.32 Å². The van der Waals surface area contributed by atoms with Gasteiger partial charge >= 0.3 is 0 Å². The molecule has 0 aromatic heterocycles. The molecule has 2 nitrogen and oxygen atoms in total. The van der Waals surface area contributed by atoms with Crippen molar-refractivity contribution in [2.75, 3.05) is 13.1 Å². The smallest absolute Gasteiger partial charge is 0.150 e. The van der Waals surface area contributed by atoms with Crippen LogP contribution in [-0.2, 0) is 5.60 Å². The summed E-state index contributed by atoms with van der Waals surface area (Å²) in [5.41, 5.74) is -1.20. The van der Waals surface area contributed by atoms with Gasteiger partial charge in [-0.05, 0) is 6.07 Å². The summed E-state index contributed by atoms with van der Waals surface area (Å²) in [6.45, 7) is 0.512. The summed E-state index contributed by atoms with van der Waals surface area (Å²) in [5.74, 6) is -1.69. The van der Waals surface area contributed by atoms with E-state index in [1.165, 1.54) is 6.07 Å². The molecule has 1 aromatic carbocycles. The van der Waals surface area contributed by atoms with Gasteiger partial charge in [0.15, 0.2) is 5.82 Å². The van der Waals surface area contributed by atoms with E-state index < -0.39 is 22.3 Å². The van der Waals surface area contributed by atoms with Gasteiger partial charge in [0.1, 0.15) is 16.4 Å². The zero-order chi connectivity index (χ0) is 10.3. The number of rotatable bonds is 1. The fourth-order valence-electron chi connectivity index (χ4n) is 1.44. The number of aliphatic hydroxyl groups is 1. The Hall–Kier alpha value is -0.710. The summed E-state index contributed by atoms with van der Waals surface area (Å²) in [5, 5.41) is 12.0. The van der Waals surface area contributed by atoms with Crippen molar-refractivity contribution in [3.8, 4) is 0 Å². The van der Waals surface area contributed by atoms with Gasteiger partial charge in [0.2, 0.25) is 0 Å². The largest absolute Gasteiger partial charge is 0.382 e. The second-order valence-electron chi connectivity index (χ2n) is 3.36. The van der Waals surface area contributed by atoms with Gasteiger partial charge in [0.05, 0.1) is 0 Å². The molecule has 1 aromatic rings. The molecular formula is C9H8ClF2NO. The SMILES string of the molecule is OC1(c2ccc(F)c(Cl)c2F)CNC1. The van der Waals surface area contributed by atoms with E-state index >= 15 is 0 Å². The quantitative estimate of drug-likeness (QED) is 0.700. The van der Waals surface area contributed by atoms with Crippen LogP contribution in [0, 0.1) is 11.6 Å². The summed E-state index contributed by atoms with van der Waals surface area (Å²) in [6.07, 6.45) is 0. The van der Waals surface area contributed by atoms with Gasteiger partial charge in [0, 0.05) is 18.7 Å². The highest BCUT2D eigenvalue weighted by atomic mass is 35.5. The number of hydrogen-bond acceptors (Lipinski definition) is 2. The molecule has 0 radical (unpaired) electrons. The van der Waals surface area contributed by atoms with Gasteiger partial charge in [0.25, 0.3) is 0 Å². The van der Waals surface area contributed by atoms with E-state index in [4.69, 9.17) is 11.6 Å². The Morgan fingerprint density at radius 2 is 2.00 bits per heavy atom. The lowest BCUT2D eigenvalue weighted by Crippen LogP contribution is -2.57. The first-order chi connectivity index (χ1) is 6.54. The highest BCUT2D eigenvalue weighted by molar-refractivity contribution is 6.31. The predicted octanol–water partition coefficient (Wildman–Crippen LogP) is 1.41. The van der Waals surface area contributed by atoms with Crippen molar-refractivity contribution in [2.24, 2.45) is 0 Å². The lowest BCUT2D eigenvalue weighted by Gasteiger charge is -2.38. The van der Waals surface area contributed by atoms with Crippen LogP contribution in [0.1, 0.15) is 5.56 Å². The van der Waals surface area contributed by atoms with E-state index in [0.29, 0.717) is 0 Å². The molecule has 0 unspecified atom stereocenters. The van der Waals surface area contributed by atoms with Crippen LogP contribution in [0.2, 0.25) is 5.02 Å². The molecule has 0 spiro atoms. The maximum atomic E-state index is 13.4. The van der Waals surface area contributed by atoms with Crippen LogP contribution in [0.25, 0.3) is 0 Å². The summed E-state index contributed by atoms with van der Waals surface area (Å²) >= 11 is 5.39. The van der Waals surface area contributed by atoms with Crippen molar-refractivity contribution in [3.63, 3.8) is 0 Å². The highest BCUT2D eigenvalue weighted by Gasteiger charge is 2.39. The third-order valence-corrected chi connectivity index (χ3v) is 2.72. The van der Waals surface area contributed by atoms with Gasteiger partial charge in [-0.1, -0.05) is 17.7 Å². The summed E-state index contributed by atoms with van der Waals surface area (Å²) in [4.78, 5) is 0. The van der Waals surface area contributed by atoms with E-state index in [0.717, 1.165) is 6.07 Å². The Bertz CT molecular complexity index is 379. The molecule has 1 aliphatic heterocycles. The molecule has 1 aliphatic rings. The number of nitrogens with one attached hydrogen (secondary N) is 1. The molecule has 1 saturated heterocycles. The standard InChI is InChI=1S/C9H8ClF2NO/c10-7-6(11)2-1-5(8(7)12)9(14)3-13-4-9/h1-2,13-14H,3-4H2. The Balaban J connectivity index is 2.49. The van der Waals surface area contributed by atoms with Crippen LogP contribution in [0.3, 0.4) is 0 Å². The Morgan fingerprint density at radius 1 is 1.36 bits per heavy atom. The number of benzene rings is 1. The van der Waals surface area contributed by atoms with Crippen LogP contribution in [0.4, 0.5) is 8.78 Å². The van der Waals surface area contributed by atoms with E-state index in [-0.39, 0.29) is 18.7 Å².